The average molecular weight is 206 g/mol. The number of guanidine groups is 1. The molecule has 14 heavy (non-hydrogen) atoms. The number of nitrogens with zero attached hydrogens (tertiary/aromatic N) is 2. The highest BCUT2D eigenvalue weighted by Gasteiger charge is 2.01. The van der Waals surface area contributed by atoms with Crippen molar-refractivity contribution in [2.45, 2.75) is 26.7 Å². The third kappa shape index (κ3) is 13.1. The number of nitrogens with two attached hydrogens (primary N) is 1. The summed E-state index contributed by atoms with van der Waals surface area (Å²) in [5, 5.41) is 20.8. The van der Waals surface area contributed by atoms with E-state index in [0.29, 0.717) is 0 Å². The van der Waals surface area contributed by atoms with Crippen LogP contribution in [0.5, 0.6) is 0 Å². The van der Waals surface area contributed by atoms with Crippen molar-refractivity contribution in [3.8, 4) is 0 Å². The highest BCUT2D eigenvalue weighted by molar-refractivity contribution is 5.74. The molecule has 0 aromatic heterocycles. The molecule has 0 aromatic rings. The number of hydrogen-bond donors (Lipinski definition) is 3. The predicted octanol–water partition coefficient (Wildman–Crippen LogP) is 0.654. The lowest BCUT2D eigenvalue weighted by atomic mass is 10.4. The second-order valence-corrected chi connectivity index (χ2v) is 2.61. The summed E-state index contributed by atoms with van der Waals surface area (Å²) in [6, 6.07) is 0. The van der Waals surface area contributed by atoms with Crippen LogP contribution < -0.4 is 5.73 Å². The highest BCUT2D eigenvalue weighted by atomic mass is 16.9. The summed E-state index contributed by atoms with van der Waals surface area (Å²) < 4.78 is 0. The first kappa shape index (κ1) is 15.0. The van der Waals surface area contributed by atoms with Gasteiger partial charge in [0, 0.05) is 13.1 Å². The monoisotopic (exact) mass is 206 g/mol. The van der Waals surface area contributed by atoms with Gasteiger partial charge in [0.1, 0.15) is 0 Å². The predicted molar refractivity (Wildman–Crippen MR) is 52.9 cm³/mol. The molecule has 0 saturated heterocycles. The van der Waals surface area contributed by atoms with Gasteiger partial charge < -0.3 is 15.8 Å². The second-order valence-electron chi connectivity index (χ2n) is 2.61. The molecule has 7 heteroatoms. The van der Waals surface area contributed by atoms with E-state index in [4.69, 9.17) is 26.5 Å². The molecule has 0 aliphatic rings. The van der Waals surface area contributed by atoms with Crippen molar-refractivity contribution in [1.82, 2.24) is 4.90 Å². The Hall–Kier alpha value is -1.53. The van der Waals surface area contributed by atoms with Gasteiger partial charge in [-0.3, -0.25) is 5.41 Å². The molecule has 0 heterocycles. The summed E-state index contributed by atoms with van der Waals surface area (Å²) >= 11 is 0. The lowest BCUT2D eigenvalue weighted by Gasteiger charge is -2.20. The fraction of sp³-hybridized carbons (Fsp3) is 0.857. The molecule has 0 unspecified atom stereocenters. The molecule has 84 valence electrons. The molecule has 0 atom stereocenters. The molecule has 0 radical (unpaired) electrons. The fourth-order valence-corrected chi connectivity index (χ4v) is 0.893. The van der Waals surface area contributed by atoms with Crippen molar-refractivity contribution >= 4 is 5.96 Å². The summed E-state index contributed by atoms with van der Waals surface area (Å²) in [7, 11) is 0. The minimum atomic E-state index is -1.50. The summed E-state index contributed by atoms with van der Waals surface area (Å²) in [6.07, 6.45) is 2.11. The maximum atomic E-state index is 8.36. The Kier molecular flexibility index (Phi) is 10.2. The van der Waals surface area contributed by atoms with Gasteiger partial charge in [-0.05, 0) is 12.8 Å². The Labute approximate surface area is 83.1 Å². The van der Waals surface area contributed by atoms with Crippen LogP contribution in [0.25, 0.3) is 0 Å². The molecular formula is C7H18N4O3. The Balaban J connectivity index is 0. The van der Waals surface area contributed by atoms with Gasteiger partial charge in [0.05, 0.1) is 0 Å². The molecule has 0 saturated carbocycles. The van der Waals surface area contributed by atoms with Crippen molar-refractivity contribution in [1.29, 1.82) is 5.41 Å². The van der Waals surface area contributed by atoms with Crippen LogP contribution >= 0.6 is 0 Å². The van der Waals surface area contributed by atoms with Gasteiger partial charge >= 0.3 is 0 Å². The largest absolute Gasteiger partial charge is 0.370 e. The van der Waals surface area contributed by atoms with E-state index in [9.17, 15) is 0 Å². The average Bonchev–Trinajstić information content (AvgIpc) is 2.02. The topological polar surface area (TPSA) is 116 Å². The van der Waals surface area contributed by atoms with Gasteiger partial charge in [-0.25, -0.2) is 0 Å². The van der Waals surface area contributed by atoms with E-state index in [0.717, 1.165) is 25.9 Å². The van der Waals surface area contributed by atoms with Crippen molar-refractivity contribution in [3.63, 3.8) is 0 Å². The molecule has 0 aliphatic heterocycles. The molecular weight excluding hydrogens is 188 g/mol. The van der Waals surface area contributed by atoms with E-state index in [1.807, 2.05) is 4.90 Å². The van der Waals surface area contributed by atoms with Crippen molar-refractivity contribution in [2.75, 3.05) is 13.1 Å². The maximum absolute atomic E-state index is 8.36. The van der Waals surface area contributed by atoms with Crippen LogP contribution in [0.15, 0.2) is 0 Å². The van der Waals surface area contributed by atoms with E-state index in [2.05, 4.69) is 13.8 Å². The smallest absolute Gasteiger partial charge is 0.291 e. The zero-order valence-electron chi connectivity index (χ0n) is 8.56. The van der Waals surface area contributed by atoms with Gasteiger partial charge in [-0.1, -0.05) is 13.8 Å². The van der Waals surface area contributed by atoms with Crippen LogP contribution in [0.1, 0.15) is 26.7 Å². The van der Waals surface area contributed by atoms with E-state index in [-0.39, 0.29) is 5.96 Å². The first-order valence-corrected chi connectivity index (χ1v) is 4.37. The molecule has 0 rings (SSSR count). The molecule has 0 fully saturated rings. The lowest BCUT2D eigenvalue weighted by molar-refractivity contribution is -0.742. The zero-order chi connectivity index (χ0) is 11.6. The maximum Gasteiger partial charge on any atom is 0.291 e. The van der Waals surface area contributed by atoms with Crippen LogP contribution in [-0.4, -0.2) is 34.2 Å². The van der Waals surface area contributed by atoms with E-state index >= 15 is 0 Å². The van der Waals surface area contributed by atoms with Crippen LogP contribution in [0.3, 0.4) is 0 Å². The standard InChI is InChI=1S/C7H17N3.HNO3/c1-3-5-10(6-4-2)7(8)9;2-1(3)4/h3-6H2,1-2H3,(H3,8,9);(H,2,3,4). The highest BCUT2D eigenvalue weighted by Crippen LogP contribution is 1.91. The number of hydrogen-bond acceptors (Lipinski definition) is 3. The first-order valence-electron chi connectivity index (χ1n) is 4.37. The molecule has 0 amide bonds. The van der Waals surface area contributed by atoms with Crippen LogP contribution in [0.4, 0.5) is 0 Å². The van der Waals surface area contributed by atoms with Crippen molar-refractivity contribution < 1.29 is 10.3 Å². The molecule has 0 aliphatic carbocycles. The molecule has 0 spiro atoms. The summed E-state index contributed by atoms with van der Waals surface area (Å²) in [6.45, 7) is 5.99. The minimum absolute atomic E-state index is 0.198. The summed E-state index contributed by atoms with van der Waals surface area (Å²) in [4.78, 5) is 10.2. The Morgan fingerprint density at radius 1 is 1.50 bits per heavy atom. The third-order valence-electron chi connectivity index (χ3n) is 1.33. The molecule has 0 aromatic carbocycles. The molecule has 7 nitrogen and oxygen atoms in total. The van der Waals surface area contributed by atoms with E-state index in [1.165, 1.54) is 0 Å². The number of rotatable bonds is 4. The Morgan fingerprint density at radius 3 is 1.93 bits per heavy atom. The fourth-order valence-electron chi connectivity index (χ4n) is 0.893. The van der Waals surface area contributed by atoms with Gasteiger partial charge in [0.15, 0.2) is 5.96 Å². The van der Waals surface area contributed by atoms with Gasteiger partial charge in [-0.15, -0.1) is 10.1 Å². The third-order valence-corrected chi connectivity index (χ3v) is 1.33. The van der Waals surface area contributed by atoms with Gasteiger partial charge in [0.25, 0.3) is 5.09 Å². The minimum Gasteiger partial charge on any atom is -0.370 e. The van der Waals surface area contributed by atoms with Crippen LogP contribution in [-0.2, 0) is 0 Å². The Bertz CT molecular complexity index is 164. The first-order chi connectivity index (χ1) is 6.45. The Morgan fingerprint density at radius 2 is 1.79 bits per heavy atom. The zero-order valence-corrected chi connectivity index (χ0v) is 8.56. The summed E-state index contributed by atoms with van der Waals surface area (Å²) in [5.74, 6) is 0.198. The van der Waals surface area contributed by atoms with E-state index < -0.39 is 5.09 Å². The molecule has 0 bridgehead atoms. The van der Waals surface area contributed by atoms with Gasteiger partial charge in [-0.2, -0.15) is 0 Å². The normalized spacial score (nSPS) is 8.43. The molecule has 4 N–H and O–H groups in total. The summed E-state index contributed by atoms with van der Waals surface area (Å²) in [5.41, 5.74) is 5.32. The van der Waals surface area contributed by atoms with Crippen LogP contribution in [0.2, 0.25) is 0 Å². The van der Waals surface area contributed by atoms with Gasteiger partial charge in [0.2, 0.25) is 0 Å². The lowest BCUT2D eigenvalue weighted by Crippen LogP contribution is -2.37. The van der Waals surface area contributed by atoms with Crippen molar-refractivity contribution in [3.05, 3.63) is 10.1 Å². The number of nitrogens with one attached hydrogen (secondary N) is 1. The van der Waals surface area contributed by atoms with Crippen LogP contribution in [0, 0.1) is 15.5 Å². The van der Waals surface area contributed by atoms with Crippen molar-refractivity contribution in [2.24, 2.45) is 5.73 Å². The SMILES string of the molecule is CCCN(CCC)C(=N)N.O=[N+]([O-])O. The second kappa shape index (κ2) is 9.56. The van der Waals surface area contributed by atoms with E-state index in [1.54, 1.807) is 0 Å². The quantitative estimate of drug-likeness (QED) is 0.270.